The molecule has 20 heavy (non-hydrogen) atoms. The zero-order chi connectivity index (χ0) is 14.8. The molecule has 1 aliphatic rings. The summed E-state index contributed by atoms with van der Waals surface area (Å²) in [5.41, 5.74) is 1.52. The monoisotopic (exact) mass is 277 g/mol. The van der Waals surface area contributed by atoms with Crippen LogP contribution in [0.25, 0.3) is 0 Å². The van der Waals surface area contributed by atoms with E-state index in [4.69, 9.17) is 0 Å². The molecule has 1 aromatic carbocycles. The summed E-state index contributed by atoms with van der Waals surface area (Å²) in [6.07, 6.45) is 0.566. The fourth-order valence-electron chi connectivity index (χ4n) is 2.50. The molecule has 0 amide bonds. The molecule has 0 saturated carbocycles. The molecule has 1 heterocycles. The van der Waals surface area contributed by atoms with Crippen LogP contribution < -0.4 is 15.1 Å². The van der Waals surface area contributed by atoms with Crippen molar-refractivity contribution in [2.45, 2.75) is 18.9 Å². The van der Waals surface area contributed by atoms with Crippen molar-refractivity contribution in [2.75, 3.05) is 43.5 Å². The van der Waals surface area contributed by atoms with Gasteiger partial charge in [-0.15, -0.1) is 0 Å². The van der Waals surface area contributed by atoms with Crippen LogP contribution in [0, 0.1) is 0 Å². The SMILES string of the molecule is CNC(C)(CCN1CCN(C)c2ccccc21)C(=O)O. The Morgan fingerprint density at radius 2 is 2.00 bits per heavy atom. The minimum atomic E-state index is -0.877. The summed E-state index contributed by atoms with van der Waals surface area (Å²) in [6.45, 7) is 4.35. The van der Waals surface area contributed by atoms with Crippen molar-refractivity contribution in [2.24, 2.45) is 0 Å². The molecule has 0 fully saturated rings. The van der Waals surface area contributed by atoms with Gasteiger partial charge < -0.3 is 20.2 Å². The third kappa shape index (κ3) is 2.72. The Morgan fingerprint density at radius 1 is 1.35 bits per heavy atom. The first-order chi connectivity index (χ1) is 9.48. The number of fused-ring (bicyclic) bond motifs is 1. The Bertz CT molecular complexity index is 492. The second-order valence-corrected chi connectivity index (χ2v) is 5.53. The molecular weight excluding hydrogens is 254 g/mol. The lowest BCUT2D eigenvalue weighted by molar-refractivity contribution is -0.144. The van der Waals surface area contributed by atoms with E-state index in [1.807, 2.05) is 12.1 Å². The smallest absolute Gasteiger partial charge is 0.323 e. The Morgan fingerprint density at radius 3 is 2.60 bits per heavy atom. The molecule has 0 spiro atoms. The molecule has 1 unspecified atom stereocenters. The second-order valence-electron chi connectivity index (χ2n) is 5.53. The molecule has 5 heteroatoms. The quantitative estimate of drug-likeness (QED) is 0.852. The topological polar surface area (TPSA) is 55.8 Å². The van der Waals surface area contributed by atoms with E-state index in [0.717, 1.165) is 19.6 Å². The average molecular weight is 277 g/mol. The number of nitrogens with one attached hydrogen (secondary N) is 1. The van der Waals surface area contributed by atoms with Gasteiger partial charge in [-0.1, -0.05) is 12.1 Å². The highest BCUT2D eigenvalue weighted by atomic mass is 16.4. The molecular formula is C15H23N3O2. The predicted octanol–water partition coefficient (Wildman–Crippen LogP) is 1.40. The predicted molar refractivity (Wildman–Crippen MR) is 81.6 cm³/mol. The molecule has 0 saturated heterocycles. The van der Waals surface area contributed by atoms with Gasteiger partial charge in [0.15, 0.2) is 0 Å². The lowest BCUT2D eigenvalue weighted by atomic mass is 9.97. The number of carbonyl (C=O) groups is 1. The number of rotatable bonds is 5. The van der Waals surface area contributed by atoms with Crippen molar-refractivity contribution >= 4 is 17.3 Å². The maximum absolute atomic E-state index is 11.3. The van der Waals surface area contributed by atoms with E-state index < -0.39 is 11.5 Å². The second kappa shape index (κ2) is 5.71. The number of likely N-dealkylation sites (N-methyl/N-ethyl adjacent to an activating group) is 2. The van der Waals surface area contributed by atoms with Gasteiger partial charge in [0.05, 0.1) is 11.4 Å². The molecule has 1 aromatic rings. The maximum atomic E-state index is 11.3. The van der Waals surface area contributed by atoms with Crippen LogP contribution >= 0.6 is 0 Å². The van der Waals surface area contributed by atoms with Crippen molar-refractivity contribution in [1.82, 2.24) is 5.32 Å². The summed E-state index contributed by atoms with van der Waals surface area (Å²) in [7, 11) is 3.79. The summed E-state index contributed by atoms with van der Waals surface area (Å²) in [6, 6.07) is 8.27. The summed E-state index contributed by atoms with van der Waals surface area (Å²) in [4.78, 5) is 15.8. The van der Waals surface area contributed by atoms with E-state index in [0.29, 0.717) is 6.42 Å². The normalized spacial score (nSPS) is 17.6. The molecule has 2 N–H and O–H groups in total. The number of nitrogens with zero attached hydrogens (tertiary/aromatic N) is 2. The van der Waals surface area contributed by atoms with Crippen LogP contribution in [0.5, 0.6) is 0 Å². The van der Waals surface area contributed by atoms with E-state index in [-0.39, 0.29) is 0 Å². The first-order valence-electron chi connectivity index (χ1n) is 6.95. The molecule has 0 radical (unpaired) electrons. The van der Waals surface area contributed by atoms with Crippen molar-refractivity contribution in [3.8, 4) is 0 Å². The zero-order valence-electron chi connectivity index (χ0n) is 12.4. The van der Waals surface area contributed by atoms with Gasteiger partial charge in [0.25, 0.3) is 0 Å². The molecule has 0 bridgehead atoms. The molecule has 0 aliphatic carbocycles. The summed E-state index contributed by atoms with van der Waals surface area (Å²) >= 11 is 0. The van der Waals surface area contributed by atoms with Crippen molar-refractivity contribution in [3.63, 3.8) is 0 Å². The third-order valence-corrected chi connectivity index (χ3v) is 4.24. The number of anilines is 2. The molecule has 110 valence electrons. The Kier molecular flexibility index (Phi) is 4.18. The van der Waals surface area contributed by atoms with Gasteiger partial charge in [-0.2, -0.15) is 0 Å². The van der Waals surface area contributed by atoms with Gasteiger partial charge in [-0.25, -0.2) is 0 Å². The highest BCUT2D eigenvalue weighted by Gasteiger charge is 2.32. The average Bonchev–Trinajstić information content (AvgIpc) is 2.46. The summed E-state index contributed by atoms with van der Waals surface area (Å²) < 4.78 is 0. The van der Waals surface area contributed by atoms with Gasteiger partial charge in [-0.05, 0) is 32.5 Å². The van der Waals surface area contributed by atoms with Crippen LogP contribution in [0.15, 0.2) is 24.3 Å². The lowest BCUT2D eigenvalue weighted by Gasteiger charge is -2.38. The maximum Gasteiger partial charge on any atom is 0.323 e. The highest BCUT2D eigenvalue weighted by molar-refractivity contribution is 5.78. The standard InChI is InChI=1S/C15H23N3O2/c1-15(16-2,14(19)20)8-9-18-11-10-17(3)12-6-4-5-7-13(12)18/h4-7,16H,8-11H2,1-3H3,(H,19,20). The minimum absolute atomic E-state index is 0.566. The number of benzene rings is 1. The van der Waals surface area contributed by atoms with Crippen molar-refractivity contribution < 1.29 is 9.90 Å². The zero-order valence-corrected chi connectivity index (χ0v) is 12.4. The first-order valence-corrected chi connectivity index (χ1v) is 6.95. The largest absolute Gasteiger partial charge is 0.480 e. The third-order valence-electron chi connectivity index (χ3n) is 4.24. The van der Waals surface area contributed by atoms with Crippen molar-refractivity contribution in [3.05, 3.63) is 24.3 Å². The number of para-hydroxylation sites is 2. The van der Waals surface area contributed by atoms with Gasteiger partial charge in [-0.3, -0.25) is 4.79 Å². The van der Waals surface area contributed by atoms with E-state index in [2.05, 4.69) is 34.3 Å². The molecule has 2 rings (SSSR count). The van der Waals surface area contributed by atoms with Crippen LogP contribution in [0.2, 0.25) is 0 Å². The molecule has 5 nitrogen and oxygen atoms in total. The number of hydrogen-bond donors (Lipinski definition) is 2. The van der Waals surface area contributed by atoms with Crippen LogP contribution in [-0.4, -0.2) is 50.3 Å². The number of carboxylic acids is 1. The first kappa shape index (κ1) is 14.7. The molecule has 1 atom stereocenters. The van der Waals surface area contributed by atoms with Crippen LogP contribution in [0.1, 0.15) is 13.3 Å². The van der Waals surface area contributed by atoms with Crippen LogP contribution in [0.3, 0.4) is 0 Å². The summed E-state index contributed by atoms with van der Waals surface area (Å²) in [5.74, 6) is -0.803. The number of carboxylic acid groups (broad SMARTS) is 1. The Labute approximate surface area is 120 Å². The van der Waals surface area contributed by atoms with Gasteiger partial charge in [0.2, 0.25) is 0 Å². The number of hydrogen-bond acceptors (Lipinski definition) is 4. The lowest BCUT2D eigenvalue weighted by Crippen LogP contribution is -2.50. The van der Waals surface area contributed by atoms with Gasteiger partial charge in [0, 0.05) is 26.7 Å². The van der Waals surface area contributed by atoms with E-state index in [1.165, 1.54) is 11.4 Å². The number of aliphatic carboxylic acids is 1. The minimum Gasteiger partial charge on any atom is -0.480 e. The van der Waals surface area contributed by atoms with E-state index in [9.17, 15) is 9.90 Å². The highest BCUT2D eigenvalue weighted by Crippen LogP contribution is 2.32. The fourth-order valence-corrected chi connectivity index (χ4v) is 2.50. The Hall–Kier alpha value is -1.75. The fraction of sp³-hybridized carbons (Fsp3) is 0.533. The van der Waals surface area contributed by atoms with Crippen molar-refractivity contribution in [1.29, 1.82) is 0 Å². The summed E-state index contributed by atoms with van der Waals surface area (Å²) in [5, 5.41) is 12.2. The van der Waals surface area contributed by atoms with Gasteiger partial charge >= 0.3 is 5.97 Å². The Balaban J connectivity index is 2.12. The van der Waals surface area contributed by atoms with Crippen LogP contribution in [-0.2, 0) is 4.79 Å². The van der Waals surface area contributed by atoms with Gasteiger partial charge in [0.1, 0.15) is 5.54 Å². The van der Waals surface area contributed by atoms with E-state index in [1.54, 1.807) is 14.0 Å². The molecule has 1 aliphatic heterocycles. The van der Waals surface area contributed by atoms with E-state index >= 15 is 0 Å². The molecule has 0 aromatic heterocycles. The van der Waals surface area contributed by atoms with Crippen LogP contribution in [0.4, 0.5) is 11.4 Å².